The van der Waals surface area contributed by atoms with Gasteiger partial charge < -0.3 is 9.30 Å². The summed E-state index contributed by atoms with van der Waals surface area (Å²) in [5, 5.41) is 0. The molecule has 4 nitrogen and oxygen atoms in total. The summed E-state index contributed by atoms with van der Waals surface area (Å²) < 4.78 is 7.31. The highest BCUT2D eigenvalue weighted by Gasteiger charge is 2.18. The fraction of sp³-hybridized carbons (Fsp3) is 0.217. The molecule has 0 bridgehead atoms. The molecule has 0 saturated heterocycles. The Hall–Kier alpha value is -3.14. The molecule has 0 saturated carbocycles. The van der Waals surface area contributed by atoms with E-state index in [0.717, 1.165) is 17.0 Å². The van der Waals surface area contributed by atoms with E-state index >= 15 is 0 Å². The first-order chi connectivity index (χ1) is 13.0. The van der Waals surface area contributed by atoms with E-state index in [-0.39, 0.29) is 12.4 Å². The molecule has 0 spiro atoms. The number of esters is 1. The lowest BCUT2D eigenvalue weighted by atomic mass is 10.1. The molecule has 3 aromatic rings. The summed E-state index contributed by atoms with van der Waals surface area (Å²) in [6.45, 7) is 6.29. The number of carbonyl (C=O) groups excluding carboxylic acids is 2. The largest absolute Gasteiger partial charge is 0.454 e. The van der Waals surface area contributed by atoms with Crippen molar-refractivity contribution in [1.82, 2.24) is 4.57 Å². The maximum atomic E-state index is 12.6. The number of rotatable bonds is 6. The summed E-state index contributed by atoms with van der Waals surface area (Å²) in [6.07, 6.45) is 0. The van der Waals surface area contributed by atoms with Crippen LogP contribution in [0.3, 0.4) is 0 Å². The molecular formula is C23H23NO3. The van der Waals surface area contributed by atoms with Crippen LogP contribution in [0.15, 0.2) is 60.7 Å². The summed E-state index contributed by atoms with van der Waals surface area (Å²) in [5.74, 6) is -0.677. The van der Waals surface area contributed by atoms with Gasteiger partial charge in [-0.3, -0.25) is 4.79 Å². The first-order valence-electron chi connectivity index (χ1n) is 8.93. The van der Waals surface area contributed by atoms with E-state index in [1.807, 2.05) is 57.2 Å². The Bertz CT molecular complexity index is 953. The number of aromatic nitrogens is 1. The second kappa shape index (κ2) is 8.04. The van der Waals surface area contributed by atoms with Crippen LogP contribution in [-0.2, 0) is 11.3 Å². The predicted molar refractivity (Wildman–Crippen MR) is 105 cm³/mol. The van der Waals surface area contributed by atoms with Crippen LogP contribution in [0.1, 0.15) is 43.2 Å². The standard InChI is InChI=1S/C23H23NO3/c1-16-9-11-20(12-10-16)23(26)27-15-22(25)21-13-17(2)24(18(21)3)14-19-7-5-4-6-8-19/h4-13H,14-15H2,1-3H3. The predicted octanol–water partition coefficient (Wildman–Crippen LogP) is 4.50. The van der Waals surface area contributed by atoms with E-state index in [1.165, 1.54) is 5.56 Å². The molecule has 1 aromatic heterocycles. The molecule has 3 rings (SSSR count). The lowest BCUT2D eigenvalue weighted by Crippen LogP contribution is -2.15. The molecule has 2 aromatic carbocycles. The topological polar surface area (TPSA) is 48.3 Å². The van der Waals surface area contributed by atoms with Crippen LogP contribution in [0.25, 0.3) is 0 Å². The number of aryl methyl sites for hydroxylation is 2. The molecule has 0 atom stereocenters. The quantitative estimate of drug-likeness (QED) is 0.480. The first-order valence-corrected chi connectivity index (χ1v) is 8.93. The average Bonchev–Trinajstić information content (AvgIpc) is 2.95. The number of hydrogen-bond acceptors (Lipinski definition) is 3. The zero-order valence-electron chi connectivity index (χ0n) is 15.9. The SMILES string of the molecule is Cc1ccc(C(=O)OCC(=O)c2cc(C)n(Cc3ccccc3)c2C)cc1. The van der Waals surface area contributed by atoms with Gasteiger partial charge in [-0.15, -0.1) is 0 Å². The molecule has 0 aliphatic rings. The smallest absolute Gasteiger partial charge is 0.338 e. The van der Waals surface area contributed by atoms with Gasteiger partial charge in [-0.05, 0) is 44.5 Å². The number of ketones is 1. The van der Waals surface area contributed by atoms with Crippen LogP contribution in [-0.4, -0.2) is 22.9 Å². The monoisotopic (exact) mass is 361 g/mol. The third-order valence-electron chi connectivity index (χ3n) is 4.68. The van der Waals surface area contributed by atoms with Crippen LogP contribution in [0, 0.1) is 20.8 Å². The van der Waals surface area contributed by atoms with Crippen molar-refractivity contribution in [2.75, 3.05) is 6.61 Å². The van der Waals surface area contributed by atoms with Gasteiger partial charge in [0.25, 0.3) is 0 Å². The first kappa shape index (κ1) is 18.6. The molecule has 27 heavy (non-hydrogen) atoms. The summed E-state index contributed by atoms with van der Waals surface area (Å²) in [7, 11) is 0. The molecule has 0 aliphatic heterocycles. The van der Waals surface area contributed by atoms with Crippen molar-refractivity contribution < 1.29 is 14.3 Å². The van der Waals surface area contributed by atoms with Crippen LogP contribution in [0.5, 0.6) is 0 Å². The molecule has 0 radical (unpaired) electrons. The van der Waals surface area contributed by atoms with Gasteiger partial charge in [-0.1, -0.05) is 48.0 Å². The van der Waals surface area contributed by atoms with Gasteiger partial charge in [0.05, 0.1) is 5.56 Å². The summed E-state index contributed by atoms with van der Waals surface area (Å²) in [5.41, 5.74) is 5.16. The van der Waals surface area contributed by atoms with Gasteiger partial charge in [0, 0.05) is 23.5 Å². The Balaban J connectivity index is 1.69. The van der Waals surface area contributed by atoms with Crippen molar-refractivity contribution in [3.63, 3.8) is 0 Å². The van der Waals surface area contributed by atoms with E-state index in [1.54, 1.807) is 12.1 Å². The number of ether oxygens (including phenoxy) is 1. The highest BCUT2D eigenvalue weighted by atomic mass is 16.5. The van der Waals surface area contributed by atoms with E-state index < -0.39 is 5.97 Å². The van der Waals surface area contributed by atoms with E-state index in [9.17, 15) is 9.59 Å². The van der Waals surface area contributed by atoms with Crippen molar-refractivity contribution in [3.05, 3.63) is 94.3 Å². The summed E-state index contributed by atoms with van der Waals surface area (Å²) in [4.78, 5) is 24.7. The van der Waals surface area contributed by atoms with Crippen molar-refractivity contribution >= 4 is 11.8 Å². The maximum Gasteiger partial charge on any atom is 0.338 e. The number of Topliss-reactive ketones (excluding diaryl/α,β-unsaturated/α-hetero) is 1. The second-order valence-electron chi connectivity index (χ2n) is 6.72. The average molecular weight is 361 g/mol. The highest BCUT2D eigenvalue weighted by Crippen LogP contribution is 2.18. The van der Waals surface area contributed by atoms with Gasteiger partial charge in [0.1, 0.15) is 0 Å². The minimum absolute atomic E-state index is 0.192. The van der Waals surface area contributed by atoms with Crippen molar-refractivity contribution in [3.8, 4) is 0 Å². The number of hydrogen-bond donors (Lipinski definition) is 0. The number of carbonyl (C=O) groups is 2. The zero-order chi connectivity index (χ0) is 19.4. The fourth-order valence-corrected chi connectivity index (χ4v) is 3.07. The molecule has 0 fully saturated rings. The third-order valence-corrected chi connectivity index (χ3v) is 4.68. The molecule has 0 amide bonds. The molecule has 1 heterocycles. The van der Waals surface area contributed by atoms with Crippen LogP contribution in [0.2, 0.25) is 0 Å². The molecule has 0 aliphatic carbocycles. The van der Waals surface area contributed by atoms with Crippen molar-refractivity contribution in [1.29, 1.82) is 0 Å². The van der Waals surface area contributed by atoms with E-state index in [2.05, 4.69) is 16.7 Å². The lowest BCUT2D eigenvalue weighted by molar-refractivity contribution is 0.0474. The normalized spacial score (nSPS) is 10.6. The van der Waals surface area contributed by atoms with Crippen molar-refractivity contribution in [2.24, 2.45) is 0 Å². The van der Waals surface area contributed by atoms with Gasteiger partial charge in [-0.25, -0.2) is 4.79 Å². The zero-order valence-corrected chi connectivity index (χ0v) is 15.9. The summed E-state index contributed by atoms with van der Waals surface area (Å²) in [6, 6.07) is 19.1. The highest BCUT2D eigenvalue weighted by molar-refractivity contribution is 6.00. The Morgan fingerprint density at radius 1 is 0.926 bits per heavy atom. The maximum absolute atomic E-state index is 12.6. The molecule has 138 valence electrons. The second-order valence-corrected chi connectivity index (χ2v) is 6.72. The molecule has 0 N–H and O–H groups in total. The minimum Gasteiger partial charge on any atom is -0.454 e. The van der Waals surface area contributed by atoms with Crippen LogP contribution < -0.4 is 0 Å². The Kier molecular flexibility index (Phi) is 5.55. The third kappa shape index (κ3) is 4.34. The lowest BCUT2D eigenvalue weighted by Gasteiger charge is -2.10. The number of nitrogens with zero attached hydrogens (tertiary/aromatic N) is 1. The van der Waals surface area contributed by atoms with E-state index in [0.29, 0.717) is 17.7 Å². The van der Waals surface area contributed by atoms with Crippen LogP contribution >= 0.6 is 0 Å². The molecule has 4 heteroatoms. The minimum atomic E-state index is -0.485. The Morgan fingerprint density at radius 3 is 2.26 bits per heavy atom. The van der Waals surface area contributed by atoms with Gasteiger partial charge in [0.2, 0.25) is 5.78 Å². The van der Waals surface area contributed by atoms with Gasteiger partial charge >= 0.3 is 5.97 Å². The Labute approximate surface area is 159 Å². The molecular weight excluding hydrogens is 338 g/mol. The van der Waals surface area contributed by atoms with Crippen LogP contribution in [0.4, 0.5) is 0 Å². The Morgan fingerprint density at radius 2 is 1.59 bits per heavy atom. The van der Waals surface area contributed by atoms with Gasteiger partial charge in [-0.2, -0.15) is 0 Å². The van der Waals surface area contributed by atoms with Gasteiger partial charge in [0.15, 0.2) is 6.61 Å². The summed E-state index contributed by atoms with van der Waals surface area (Å²) >= 11 is 0. The number of benzene rings is 2. The fourth-order valence-electron chi connectivity index (χ4n) is 3.07. The molecule has 0 unspecified atom stereocenters. The van der Waals surface area contributed by atoms with Crippen molar-refractivity contribution in [2.45, 2.75) is 27.3 Å². The van der Waals surface area contributed by atoms with E-state index in [4.69, 9.17) is 4.74 Å².